The lowest BCUT2D eigenvalue weighted by molar-refractivity contribution is -0.122. The van der Waals surface area contributed by atoms with Crippen LogP contribution in [-0.4, -0.2) is 18.8 Å². The number of methoxy groups -OCH3 is 1. The van der Waals surface area contributed by atoms with Crippen LogP contribution in [0.1, 0.15) is 42.2 Å². The molecule has 0 saturated heterocycles. The summed E-state index contributed by atoms with van der Waals surface area (Å²) in [5.74, 6) is -0.0852. The Morgan fingerprint density at radius 3 is 2.48 bits per heavy atom. The van der Waals surface area contributed by atoms with Gasteiger partial charge in [-0.1, -0.05) is 24.3 Å². The normalized spacial score (nSPS) is 22.3. The number of halogens is 1. The number of ether oxygens (including phenoxy) is 1. The summed E-state index contributed by atoms with van der Waals surface area (Å²) in [5, 5.41) is 2.89. The highest BCUT2D eigenvalue weighted by atomic mass is 19.1. The van der Waals surface area contributed by atoms with Crippen molar-refractivity contribution < 1.29 is 18.7 Å². The molecule has 138 valence electrons. The summed E-state index contributed by atoms with van der Waals surface area (Å²) in [5.41, 5.74) is 3.02. The molecule has 2 aromatic rings. The average Bonchev–Trinajstić information content (AvgIpc) is 2.67. The standard InChI is InChI=1S/C22H20FNO3/c1-27-17-7-5-13(6-8-17)15-10-19-22(20(25)11-15)18(12-21(26)24-19)14-3-2-4-16(23)9-14/h2-9,15,18H,10-12H2,1H3,(H,24,26)/t15-,18+/m0/s1. The number of ketones is 1. The maximum absolute atomic E-state index is 13.7. The molecule has 0 saturated carbocycles. The Morgan fingerprint density at radius 1 is 1.00 bits per heavy atom. The highest BCUT2D eigenvalue weighted by Crippen LogP contribution is 2.42. The number of amides is 1. The van der Waals surface area contributed by atoms with Gasteiger partial charge in [-0.05, 0) is 47.7 Å². The summed E-state index contributed by atoms with van der Waals surface area (Å²) >= 11 is 0. The predicted octanol–water partition coefficient (Wildman–Crippen LogP) is 3.84. The molecular formula is C22H20FNO3. The summed E-state index contributed by atoms with van der Waals surface area (Å²) in [7, 11) is 1.61. The molecule has 4 nitrogen and oxygen atoms in total. The van der Waals surface area contributed by atoms with E-state index in [1.807, 2.05) is 24.3 Å². The van der Waals surface area contributed by atoms with Crippen molar-refractivity contribution >= 4 is 11.7 Å². The van der Waals surface area contributed by atoms with Gasteiger partial charge in [-0.2, -0.15) is 0 Å². The summed E-state index contributed by atoms with van der Waals surface area (Å²) in [6, 6.07) is 13.8. The second kappa shape index (κ2) is 6.99. The minimum Gasteiger partial charge on any atom is -0.497 e. The fourth-order valence-corrected chi connectivity index (χ4v) is 4.08. The summed E-state index contributed by atoms with van der Waals surface area (Å²) < 4.78 is 18.9. The Hall–Kier alpha value is -2.95. The second-order valence-corrected chi connectivity index (χ2v) is 7.05. The maximum atomic E-state index is 13.7. The first kappa shape index (κ1) is 17.5. The summed E-state index contributed by atoms with van der Waals surface area (Å²) in [6.45, 7) is 0. The summed E-state index contributed by atoms with van der Waals surface area (Å²) in [4.78, 5) is 25.2. The third-order valence-corrected chi connectivity index (χ3v) is 5.37. The van der Waals surface area contributed by atoms with Crippen LogP contribution in [-0.2, 0) is 9.59 Å². The molecule has 4 rings (SSSR count). The third kappa shape index (κ3) is 3.37. The second-order valence-electron chi connectivity index (χ2n) is 7.05. The molecule has 5 heteroatoms. The lowest BCUT2D eigenvalue weighted by Crippen LogP contribution is -2.38. The Balaban J connectivity index is 1.68. The van der Waals surface area contributed by atoms with Gasteiger partial charge in [0.05, 0.1) is 7.11 Å². The van der Waals surface area contributed by atoms with Gasteiger partial charge in [0.15, 0.2) is 5.78 Å². The van der Waals surface area contributed by atoms with Crippen LogP contribution in [0.15, 0.2) is 59.8 Å². The molecule has 1 aliphatic heterocycles. The fourth-order valence-electron chi connectivity index (χ4n) is 4.08. The molecule has 2 aliphatic rings. The van der Waals surface area contributed by atoms with Crippen LogP contribution in [0.25, 0.3) is 0 Å². The lowest BCUT2D eigenvalue weighted by atomic mass is 9.73. The molecule has 1 N–H and O–H groups in total. The van der Waals surface area contributed by atoms with E-state index < -0.39 is 0 Å². The van der Waals surface area contributed by atoms with E-state index in [2.05, 4.69) is 5.32 Å². The van der Waals surface area contributed by atoms with Gasteiger partial charge in [-0.25, -0.2) is 4.39 Å². The van der Waals surface area contributed by atoms with Gasteiger partial charge in [-0.15, -0.1) is 0 Å². The Labute approximate surface area is 157 Å². The number of Topliss-reactive ketones (excluding diaryl/α,β-unsaturated/α-hetero) is 1. The molecule has 0 aromatic heterocycles. The van der Waals surface area contributed by atoms with Gasteiger partial charge in [-0.3, -0.25) is 9.59 Å². The molecular weight excluding hydrogens is 345 g/mol. The van der Waals surface area contributed by atoms with Crippen molar-refractivity contribution in [1.82, 2.24) is 5.32 Å². The molecule has 0 unspecified atom stereocenters. The Morgan fingerprint density at radius 2 is 1.78 bits per heavy atom. The highest BCUT2D eigenvalue weighted by Gasteiger charge is 2.38. The fraction of sp³-hybridized carbons (Fsp3) is 0.273. The zero-order valence-electron chi connectivity index (χ0n) is 15.0. The minimum atomic E-state index is -0.381. The Kier molecular flexibility index (Phi) is 4.52. The van der Waals surface area contributed by atoms with Crippen molar-refractivity contribution in [2.45, 2.75) is 31.1 Å². The molecule has 2 atom stereocenters. The predicted molar refractivity (Wildman–Crippen MR) is 98.9 cm³/mol. The number of allylic oxidation sites excluding steroid dienone is 2. The van der Waals surface area contributed by atoms with E-state index in [-0.39, 0.29) is 35.8 Å². The van der Waals surface area contributed by atoms with Crippen molar-refractivity contribution in [3.05, 3.63) is 76.7 Å². The first-order valence-electron chi connectivity index (χ1n) is 9.00. The minimum absolute atomic E-state index is 0.00807. The monoisotopic (exact) mass is 365 g/mol. The van der Waals surface area contributed by atoms with E-state index >= 15 is 0 Å². The van der Waals surface area contributed by atoms with Gasteiger partial charge in [0.2, 0.25) is 5.91 Å². The largest absolute Gasteiger partial charge is 0.497 e. The molecule has 2 aromatic carbocycles. The van der Waals surface area contributed by atoms with Crippen LogP contribution in [0.2, 0.25) is 0 Å². The number of carbonyl (C=O) groups excluding carboxylic acids is 2. The smallest absolute Gasteiger partial charge is 0.225 e. The molecule has 0 fully saturated rings. The van der Waals surface area contributed by atoms with Gasteiger partial charge < -0.3 is 10.1 Å². The van der Waals surface area contributed by atoms with Crippen LogP contribution in [0.5, 0.6) is 5.75 Å². The number of benzene rings is 2. The van der Waals surface area contributed by atoms with Gasteiger partial charge in [0.1, 0.15) is 11.6 Å². The molecule has 1 amide bonds. The van der Waals surface area contributed by atoms with Crippen LogP contribution in [0.3, 0.4) is 0 Å². The molecule has 1 heterocycles. The van der Waals surface area contributed by atoms with Crippen molar-refractivity contribution in [3.63, 3.8) is 0 Å². The van der Waals surface area contributed by atoms with E-state index in [4.69, 9.17) is 4.74 Å². The number of carbonyl (C=O) groups is 2. The van der Waals surface area contributed by atoms with E-state index in [1.165, 1.54) is 12.1 Å². The zero-order valence-corrected chi connectivity index (χ0v) is 15.0. The van der Waals surface area contributed by atoms with Crippen molar-refractivity contribution in [3.8, 4) is 5.75 Å². The molecule has 0 bridgehead atoms. The zero-order chi connectivity index (χ0) is 19.0. The van der Waals surface area contributed by atoms with Gasteiger partial charge >= 0.3 is 0 Å². The van der Waals surface area contributed by atoms with Crippen molar-refractivity contribution in [2.75, 3.05) is 7.11 Å². The van der Waals surface area contributed by atoms with E-state index in [1.54, 1.807) is 19.2 Å². The first-order chi connectivity index (χ1) is 13.0. The van der Waals surface area contributed by atoms with E-state index in [0.29, 0.717) is 29.7 Å². The molecule has 0 radical (unpaired) electrons. The SMILES string of the molecule is COc1ccc([C@@H]2CC(=O)C3=C(C2)NC(=O)C[C@@H]3c2cccc(F)c2)cc1. The highest BCUT2D eigenvalue weighted by molar-refractivity contribution is 6.02. The van der Waals surface area contributed by atoms with Crippen LogP contribution < -0.4 is 10.1 Å². The lowest BCUT2D eigenvalue weighted by Gasteiger charge is -2.34. The van der Waals surface area contributed by atoms with Crippen molar-refractivity contribution in [1.29, 1.82) is 0 Å². The number of rotatable bonds is 3. The van der Waals surface area contributed by atoms with Crippen LogP contribution in [0.4, 0.5) is 4.39 Å². The van der Waals surface area contributed by atoms with Crippen LogP contribution in [0, 0.1) is 5.82 Å². The first-order valence-corrected chi connectivity index (χ1v) is 9.00. The maximum Gasteiger partial charge on any atom is 0.225 e. The Bertz CT molecular complexity index is 933. The van der Waals surface area contributed by atoms with Crippen LogP contribution >= 0.6 is 0 Å². The van der Waals surface area contributed by atoms with Crippen molar-refractivity contribution in [2.24, 2.45) is 0 Å². The number of hydrogen-bond acceptors (Lipinski definition) is 3. The quantitative estimate of drug-likeness (QED) is 0.899. The topological polar surface area (TPSA) is 55.4 Å². The molecule has 1 aliphatic carbocycles. The molecule has 0 spiro atoms. The van der Waals surface area contributed by atoms with Gasteiger partial charge in [0.25, 0.3) is 0 Å². The number of nitrogens with one attached hydrogen (secondary N) is 1. The van der Waals surface area contributed by atoms with E-state index in [0.717, 1.165) is 11.3 Å². The summed E-state index contributed by atoms with van der Waals surface area (Å²) in [6.07, 6.45) is 1.14. The number of hydrogen-bond donors (Lipinski definition) is 1. The molecule has 27 heavy (non-hydrogen) atoms. The van der Waals surface area contributed by atoms with E-state index in [9.17, 15) is 14.0 Å². The van der Waals surface area contributed by atoms with Gasteiger partial charge in [0, 0.05) is 30.0 Å². The average molecular weight is 365 g/mol. The third-order valence-electron chi connectivity index (χ3n) is 5.37.